The van der Waals surface area contributed by atoms with Gasteiger partial charge in [0.15, 0.2) is 0 Å². The van der Waals surface area contributed by atoms with Crippen LogP contribution < -0.4 is 10.1 Å². The summed E-state index contributed by atoms with van der Waals surface area (Å²) in [5, 5.41) is 24.3. The van der Waals surface area contributed by atoms with E-state index < -0.39 is 10.9 Å². The standard InChI is InChI=1S/C22H17N5O5.C2H6/c28-22(29)10-15-11-23-12-21(25-15)26-20-9-14(7-8-24-20)13-32-19-6-5-18(27(30)31)16-3-1-2-4-17(16)19;1-2/h1-9,11-12H,10,13H2,(H,28,29)(H,24,25,26);1-2H3. The second kappa shape index (κ2) is 11.3. The van der Waals surface area contributed by atoms with E-state index in [1.54, 1.807) is 48.7 Å². The number of nitrogens with zero attached hydrogens (tertiary/aromatic N) is 4. The number of pyridine rings is 1. The normalized spacial score (nSPS) is 10.2. The molecule has 10 heteroatoms. The molecule has 0 fully saturated rings. The van der Waals surface area contributed by atoms with Crippen molar-refractivity contribution in [1.82, 2.24) is 15.0 Å². The van der Waals surface area contributed by atoms with Gasteiger partial charge in [0, 0.05) is 23.8 Å². The van der Waals surface area contributed by atoms with Crippen molar-refractivity contribution in [2.75, 3.05) is 5.32 Å². The van der Waals surface area contributed by atoms with Crippen LogP contribution >= 0.6 is 0 Å². The highest BCUT2D eigenvalue weighted by Crippen LogP contribution is 2.33. The molecule has 0 radical (unpaired) electrons. The number of hydrogen-bond acceptors (Lipinski definition) is 8. The number of aliphatic carboxylic acids is 1. The number of carboxylic acids is 1. The van der Waals surface area contributed by atoms with Crippen LogP contribution in [0.2, 0.25) is 0 Å². The Morgan fingerprint density at radius 2 is 1.85 bits per heavy atom. The number of benzene rings is 2. The van der Waals surface area contributed by atoms with Crippen molar-refractivity contribution in [2.45, 2.75) is 26.9 Å². The predicted octanol–water partition coefficient (Wildman–Crippen LogP) is 4.91. The van der Waals surface area contributed by atoms with Gasteiger partial charge in [-0.05, 0) is 29.8 Å². The fraction of sp³-hybridized carbons (Fsp3) is 0.167. The van der Waals surface area contributed by atoms with Crippen molar-refractivity contribution in [3.05, 3.63) is 88.5 Å². The minimum atomic E-state index is -0.993. The first-order chi connectivity index (χ1) is 16.5. The molecule has 0 aliphatic carbocycles. The van der Waals surface area contributed by atoms with Gasteiger partial charge in [-0.15, -0.1) is 0 Å². The van der Waals surface area contributed by atoms with Crippen LogP contribution in [0, 0.1) is 10.1 Å². The fourth-order valence-corrected chi connectivity index (χ4v) is 3.17. The zero-order valence-electron chi connectivity index (χ0n) is 18.6. The number of ether oxygens (including phenoxy) is 1. The molecule has 10 nitrogen and oxygen atoms in total. The van der Waals surface area contributed by atoms with E-state index in [1.165, 1.54) is 18.5 Å². The quantitative estimate of drug-likeness (QED) is 0.276. The molecule has 2 aromatic heterocycles. The van der Waals surface area contributed by atoms with E-state index in [9.17, 15) is 14.9 Å². The maximum absolute atomic E-state index is 11.3. The lowest BCUT2D eigenvalue weighted by atomic mass is 10.1. The number of nitro groups is 1. The topological polar surface area (TPSA) is 140 Å². The third-order valence-electron chi connectivity index (χ3n) is 4.55. The lowest BCUT2D eigenvalue weighted by Gasteiger charge is -2.11. The number of aromatic nitrogens is 3. The lowest BCUT2D eigenvalue weighted by Crippen LogP contribution is -2.05. The minimum Gasteiger partial charge on any atom is -0.488 e. The molecule has 4 rings (SSSR count). The number of non-ortho nitro benzene ring substituents is 1. The van der Waals surface area contributed by atoms with Crippen molar-refractivity contribution < 1.29 is 19.6 Å². The molecule has 0 amide bonds. The van der Waals surface area contributed by atoms with Crippen LogP contribution in [0.25, 0.3) is 10.8 Å². The van der Waals surface area contributed by atoms with Gasteiger partial charge in [0.2, 0.25) is 0 Å². The van der Waals surface area contributed by atoms with Crippen LogP contribution in [0.5, 0.6) is 5.75 Å². The molecule has 0 spiro atoms. The molecule has 2 aromatic carbocycles. The number of anilines is 2. The smallest absolute Gasteiger partial charge is 0.309 e. The van der Waals surface area contributed by atoms with Crippen molar-refractivity contribution in [3.63, 3.8) is 0 Å². The maximum Gasteiger partial charge on any atom is 0.309 e. The maximum atomic E-state index is 11.3. The number of fused-ring (bicyclic) bond motifs is 1. The van der Waals surface area contributed by atoms with Crippen LogP contribution in [-0.2, 0) is 17.8 Å². The van der Waals surface area contributed by atoms with E-state index in [1.807, 2.05) is 13.8 Å². The molecule has 174 valence electrons. The number of carbonyl (C=O) groups is 1. The molecule has 0 aliphatic heterocycles. The van der Waals surface area contributed by atoms with Crippen molar-refractivity contribution >= 4 is 34.1 Å². The van der Waals surface area contributed by atoms with E-state index >= 15 is 0 Å². The summed E-state index contributed by atoms with van der Waals surface area (Å²) in [6, 6.07) is 13.6. The first kappa shape index (κ1) is 24.1. The van der Waals surface area contributed by atoms with Gasteiger partial charge in [-0.2, -0.15) is 0 Å². The zero-order valence-corrected chi connectivity index (χ0v) is 18.6. The number of carboxylic acid groups (broad SMARTS) is 1. The van der Waals surface area contributed by atoms with Gasteiger partial charge in [0.05, 0.1) is 28.6 Å². The largest absolute Gasteiger partial charge is 0.488 e. The van der Waals surface area contributed by atoms with E-state index in [2.05, 4.69) is 20.3 Å². The summed E-state index contributed by atoms with van der Waals surface area (Å²) >= 11 is 0. The SMILES string of the molecule is CC.O=C(O)Cc1cncc(Nc2cc(COc3ccc([N+](=O)[O-])c4ccccc34)ccn2)n1. The third-order valence-corrected chi connectivity index (χ3v) is 4.55. The molecule has 2 heterocycles. The Balaban J connectivity index is 0.00000158. The van der Waals surface area contributed by atoms with Crippen LogP contribution in [0.15, 0.2) is 67.1 Å². The monoisotopic (exact) mass is 461 g/mol. The number of rotatable bonds is 8. The van der Waals surface area contributed by atoms with Crippen LogP contribution in [0.4, 0.5) is 17.3 Å². The second-order valence-corrected chi connectivity index (χ2v) is 6.81. The van der Waals surface area contributed by atoms with Gasteiger partial charge in [-0.1, -0.05) is 32.0 Å². The fourth-order valence-electron chi connectivity index (χ4n) is 3.17. The molecule has 0 aliphatic rings. The third kappa shape index (κ3) is 6.00. The highest BCUT2D eigenvalue weighted by molar-refractivity contribution is 5.95. The van der Waals surface area contributed by atoms with Crippen molar-refractivity contribution in [1.29, 1.82) is 0 Å². The minimum absolute atomic E-state index is 0.0228. The summed E-state index contributed by atoms with van der Waals surface area (Å²) in [4.78, 5) is 34.2. The molecule has 4 aromatic rings. The van der Waals surface area contributed by atoms with Crippen LogP contribution in [-0.4, -0.2) is 31.0 Å². The van der Waals surface area contributed by atoms with Gasteiger partial charge < -0.3 is 15.2 Å². The molecule has 0 bridgehead atoms. The summed E-state index contributed by atoms with van der Waals surface area (Å²) in [5.74, 6) is 0.398. The predicted molar refractivity (Wildman–Crippen MR) is 127 cm³/mol. The Bertz CT molecular complexity index is 1310. The highest BCUT2D eigenvalue weighted by atomic mass is 16.6. The van der Waals surface area contributed by atoms with Crippen LogP contribution in [0.1, 0.15) is 25.1 Å². The summed E-state index contributed by atoms with van der Waals surface area (Å²) < 4.78 is 5.94. The number of nitrogens with one attached hydrogen (secondary N) is 1. The number of nitro benzene ring substituents is 1. The first-order valence-corrected chi connectivity index (χ1v) is 10.5. The van der Waals surface area contributed by atoms with Gasteiger partial charge in [0.25, 0.3) is 5.69 Å². The summed E-state index contributed by atoms with van der Waals surface area (Å²) in [6.07, 6.45) is 4.24. The lowest BCUT2D eigenvalue weighted by molar-refractivity contribution is -0.383. The zero-order chi connectivity index (χ0) is 24.5. The molecule has 2 N–H and O–H groups in total. The molecule has 0 saturated carbocycles. The Hall–Kier alpha value is -4.60. The number of hydrogen-bond donors (Lipinski definition) is 2. The van der Waals surface area contributed by atoms with E-state index in [4.69, 9.17) is 9.84 Å². The molecular formula is C24H23N5O5. The molecule has 34 heavy (non-hydrogen) atoms. The second-order valence-electron chi connectivity index (χ2n) is 6.81. The summed E-state index contributed by atoms with van der Waals surface area (Å²) in [5.41, 5.74) is 1.15. The highest BCUT2D eigenvalue weighted by Gasteiger charge is 2.14. The molecular weight excluding hydrogens is 438 g/mol. The Labute approximate surface area is 195 Å². The molecule has 0 saturated heterocycles. The molecule has 0 atom stereocenters. The first-order valence-electron chi connectivity index (χ1n) is 10.5. The van der Waals surface area contributed by atoms with E-state index in [0.29, 0.717) is 33.9 Å². The van der Waals surface area contributed by atoms with Gasteiger partial charge in [-0.3, -0.25) is 19.9 Å². The van der Waals surface area contributed by atoms with E-state index in [0.717, 1.165) is 5.56 Å². The van der Waals surface area contributed by atoms with E-state index in [-0.39, 0.29) is 18.7 Å². The Morgan fingerprint density at radius 1 is 1.09 bits per heavy atom. The average molecular weight is 461 g/mol. The Morgan fingerprint density at radius 3 is 2.59 bits per heavy atom. The average Bonchev–Trinajstić information content (AvgIpc) is 2.83. The van der Waals surface area contributed by atoms with Gasteiger partial charge >= 0.3 is 5.97 Å². The van der Waals surface area contributed by atoms with Gasteiger partial charge in [0.1, 0.15) is 24.0 Å². The van der Waals surface area contributed by atoms with Crippen molar-refractivity contribution in [2.24, 2.45) is 0 Å². The summed E-state index contributed by atoms with van der Waals surface area (Å²) in [6.45, 7) is 4.21. The molecule has 0 unspecified atom stereocenters. The Kier molecular flexibility index (Phi) is 8.01. The summed E-state index contributed by atoms with van der Waals surface area (Å²) in [7, 11) is 0. The van der Waals surface area contributed by atoms with Gasteiger partial charge in [-0.25, -0.2) is 9.97 Å². The van der Waals surface area contributed by atoms with Crippen molar-refractivity contribution in [3.8, 4) is 5.75 Å². The van der Waals surface area contributed by atoms with Crippen LogP contribution in [0.3, 0.4) is 0 Å².